The SMILES string of the molecule is Cc1cc(C#Cc2ccccc2)ccc1-n1c(/C=C/c2ccc([N+](=O)[O-])o2)nc2ccccc2c1=O. The first-order valence-corrected chi connectivity index (χ1v) is 11.1. The van der Waals surface area contributed by atoms with Crippen LogP contribution in [0, 0.1) is 28.9 Å². The zero-order valence-electron chi connectivity index (χ0n) is 19.2. The summed E-state index contributed by atoms with van der Waals surface area (Å²) in [6.45, 7) is 1.91. The molecule has 0 amide bonds. The van der Waals surface area contributed by atoms with Crippen molar-refractivity contribution in [2.24, 2.45) is 0 Å². The van der Waals surface area contributed by atoms with Crippen molar-refractivity contribution in [3.05, 3.63) is 134 Å². The van der Waals surface area contributed by atoms with Crippen molar-refractivity contribution in [3.63, 3.8) is 0 Å². The Balaban J connectivity index is 1.60. The Morgan fingerprint density at radius 3 is 2.42 bits per heavy atom. The molecule has 0 saturated heterocycles. The second-order valence-electron chi connectivity index (χ2n) is 8.01. The summed E-state index contributed by atoms with van der Waals surface area (Å²) < 4.78 is 6.74. The number of aryl methyl sites for hydroxylation is 1. The average molecular weight is 473 g/mol. The van der Waals surface area contributed by atoms with Crippen LogP contribution in [0.15, 0.2) is 94.1 Å². The average Bonchev–Trinajstić information content (AvgIpc) is 3.37. The number of rotatable bonds is 4. The molecule has 0 radical (unpaired) electrons. The number of hydrogen-bond donors (Lipinski definition) is 0. The van der Waals surface area contributed by atoms with Gasteiger partial charge in [-0.25, -0.2) is 4.98 Å². The van der Waals surface area contributed by atoms with Gasteiger partial charge in [0.1, 0.15) is 16.5 Å². The molecule has 5 rings (SSSR count). The lowest BCUT2D eigenvalue weighted by atomic mass is 10.1. The van der Waals surface area contributed by atoms with Crippen LogP contribution in [0.1, 0.15) is 28.3 Å². The van der Waals surface area contributed by atoms with Crippen LogP contribution in [0.4, 0.5) is 5.88 Å². The third-order valence-corrected chi connectivity index (χ3v) is 5.55. The van der Waals surface area contributed by atoms with E-state index in [2.05, 4.69) is 16.8 Å². The van der Waals surface area contributed by atoms with Gasteiger partial charge in [0.25, 0.3) is 5.56 Å². The van der Waals surface area contributed by atoms with Gasteiger partial charge in [0.2, 0.25) is 0 Å². The first kappa shape index (κ1) is 22.6. The largest absolute Gasteiger partial charge is 0.433 e. The Labute approximate surface area is 206 Å². The van der Waals surface area contributed by atoms with Gasteiger partial charge in [-0.15, -0.1) is 0 Å². The van der Waals surface area contributed by atoms with Gasteiger partial charge in [-0.3, -0.25) is 19.5 Å². The van der Waals surface area contributed by atoms with Crippen LogP contribution in [0.5, 0.6) is 0 Å². The molecule has 0 N–H and O–H groups in total. The minimum atomic E-state index is -0.604. The number of furan rings is 1. The summed E-state index contributed by atoms with van der Waals surface area (Å²) in [5.74, 6) is 6.59. The standard InChI is InChI=1S/C29H19N3O4/c1-20-19-22(12-11-21-7-3-2-4-8-21)13-16-26(20)31-27(17-14-23-15-18-28(36-23)32(34)35)30-25-10-6-5-9-24(25)29(31)33/h2-10,13-19H,1H3/b17-14+. The number of hydrogen-bond acceptors (Lipinski definition) is 5. The summed E-state index contributed by atoms with van der Waals surface area (Å²) >= 11 is 0. The van der Waals surface area contributed by atoms with E-state index in [0.717, 1.165) is 16.7 Å². The predicted octanol–water partition coefficient (Wildman–Crippen LogP) is 5.77. The van der Waals surface area contributed by atoms with Crippen LogP contribution in [0.25, 0.3) is 28.7 Å². The first-order valence-electron chi connectivity index (χ1n) is 11.1. The van der Waals surface area contributed by atoms with E-state index in [9.17, 15) is 14.9 Å². The number of benzene rings is 3. The third kappa shape index (κ3) is 4.56. The molecule has 5 aromatic rings. The molecule has 2 aromatic heterocycles. The third-order valence-electron chi connectivity index (χ3n) is 5.55. The predicted molar refractivity (Wildman–Crippen MR) is 139 cm³/mol. The molecule has 0 spiro atoms. The smallest absolute Gasteiger partial charge is 0.401 e. The van der Waals surface area contributed by atoms with Crippen LogP contribution in [-0.4, -0.2) is 14.5 Å². The molecule has 0 saturated carbocycles. The highest BCUT2D eigenvalue weighted by Crippen LogP contribution is 2.21. The fourth-order valence-electron chi connectivity index (χ4n) is 3.83. The summed E-state index contributed by atoms with van der Waals surface area (Å²) in [7, 11) is 0. The van der Waals surface area contributed by atoms with Gasteiger partial charge in [0, 0.05) is 11.1 Å². The molecule has 36 heavy (non-hydrogen) atoms. The first-order chi connectivity index (χ1) is 17.5. The van der Waals surface area contributed by atoms with Crippen molar-refractivity contribution >= 4 is 28.9 Å². The van der Waals surface area contributed by atoms with Crippen molar-refractivity contribution < 1.29 is 9.34 Å². The molecular formula is C29H19N3O4. The van der Waals surface area contributed by atoms with Crippen LogP contribution in [0.2, 0.25) is 0 Å². The Bertz CT molecular complexity index is 1750. The van der Waals surface area contributed by atoms with E-state index in [1.807, 2.05) is 61.5 Å². The minimum Gasteiger partial charge on any atom is -0.401 e. The molecule has 0 bridgehead atoms. The number of fused-ring (bicyclic) bond motifs is 1. The summed E-state index contributed by atoms with van der Waals surface area (Å²) in [5.41, 5.74) is 3.57. The van der Waals surface area contributed by atoms with Gasteiger partial charge >= 0.3 is 5.88 Å². The lowest BCUT2D eigenvalue weighted by Gasteiger charge is -2.14. The highest BCUT2D eigenvalue weighted by atomic mass is 16.6. The minimum absolute atomic E-state index is 0.225. The fraction of sp³-hybridized carbons (Fsp3) is 0.0345. The molecule has 0 atom stereocenters. The van der Waals surface area contributed by atoms with Crippen molar-refractivity contribution in [3.8, 4) is 17.5 Å². The molecule has 0 unspecified atom stereocenters. The van der Waals surface area contributed by atoms with Crippen LogP contribution < -0.4 is 5.56 Å². The number of nitro groups is 1. The summed E-state index contributed by atoms with van der Waals surface area (Å²) in [6.07, 6.45) is 3.16. The van der Waals surface area contributed by atoms with Gasteiger partial charge in [0.15, 0.2) is 0 Å². The number of nitrogens with zero attached hydrogens (tertiary/aromatic N) is 3. The Morgan fingerprint density at radius 2 is 1.67 bits per heavy atom. The van der Waals surface area contributed by atoms with Gasteiger partial charge in [-0.05, 0) is 73.2 Å². The molecule has 7 heteroatoms. The highest BCUT2D eigenvalue weighted by molar-refractivity contribution is 5.80. The van der Waals surface area contributed by atoms with E-state index in [0.29, 0.717) is 22.4 Å². The monoisotopic (exact) mass is 473 g/mol. The maximum Gasteiger partial charge on any atom is 0.433 e. The van der Waals surface area contributed by atoms with Gasteiger partial charge in [-0.2, -0.15) is 0 Å². The summed E-state index contributed by atoms with van der Waals surface area (Å²) in [4.78, 5) is 28.6. The molecule has 0 aliphatic heterocycles. The lowest BCUT2D eigenvalue weighted by molar-refractivity contribution is -0.402. The van der Waals surface area contributed by atoms with Crippen LogP contribution >= 0.6 is 0 Å². The van der Waals surface area contributed by atoms with Gasteiger partial charge in [-0.1, -0.05) is 42.2 Å². The Hall–Kier alpha value is -5.22. The highest BCUT2D eigenvalue weighted by Gasteiger charge is 2.14. The zero-order valence-corrected chi connectivity index (χ0v) is 19.2. The van der Waals surface area contributed by atoms with E-state index in [1.54, 1.807) is 30.4 Å². The molecule has 174 valence electrons. The van der Waals surface area contributed by atoms with Gasteiger partial charge in [0.05, 0.1) is 22.7 Å². The molecular weight excluding hydrogens is 454 g/mol. The van der Waals surface area contributed by atoms with Crippen molar-refractivity contribution in [2.75, 3.05) is 0 Å². The second kappa shape index (κ2) is 9.57. The topological polar surface area (TPSA) is 91.2 Å². The maximum absolute atomic E-state index is 13.6. The normalized spacial score (nSPS) is 10.9. The van der Waals surface area contributed by atoms with E-state index in [4.69, 9.17) is 4.42 Å². The molecule has 7 nitrogen and oxygen atoms in total. The summed E-state index contributed by atoms with van der Waals surface area (Å²) in [5, 5.41) is 11.4. The molecule has 0 aliphatic carbocycles. The van der Waals surface area contributed by atoms with Crippen molar-refractivity contribution in [1.82, 2.24) is 9.55 Å². The molecule has 2 heterocycles. The molecule has 0 fully saturated rings. The van der Waals surface area contributed by atoms with E-state index in [-0.39, 0.29) is 17.2 Å². The van der Waals surface area contributed by atoms with E-state index in [1.165, 1.54) is 16.7 Å². The quantitative estimate of drug-likeness (QED) is 0.188. The maximum atomic E-state index is 13.6. The van der Waals surface area contributed by atoms with Gasteiger partial charge < -0.3 is 4.42 Å². The summed E-state index contributed by atoms with van der Waals surface area (Å²) in [6, 6.07) is 25.2. The second-order valence-corrected chi connectivity index (χ2v) is 8.01. The van der Waals surface area contributed by atoms with Crippen LogP contribution in [-0.2, 0) is 0 Å². The zero-order chi connectivity index (χ0) is 25.1. The van der Waals surface area contributed by atoms with E-state index < -0.39 is 4.92 Å². The number of para-hydroxylation sites is 1. The molecule has 3 aromatic carbocycles. The molecule has 0 aliphatic rings. The fourth-order valence-corrected chi connectivity index (χ4v) is 3.83. The van der Waals surface area contributed by atoms with Crippen molar-refractivity contribution in [2.45, 2.75) is 6.92 Å². The van der Waals surface area contributed by atoms with Crippen LogP contribution in [0.3, 0.4) is 0 Å². The lowest BCUT2D eigenvalue weighted by Crippen LogP contribution is -2.23. The number of aromatic nitrogens is 2. The van der Waals surface area contributed by atoms with E-state index >= 15 is 0 Å². The Morgan fingerprint density at radius 1 is 0.917 bits per heavy atom. The van der Waals surface area contributed by atoms with Crippen molar-refractivity contribution in [1.29, 1.82) is 0 Å². The Kier molecular flexibility index (Phi) is 6.00.